The average molecular weight is 707 g/mol. The van der Waals surface area contributed by atoms with E-state index in [0.29, 0.717) is 0 Å². The summed E-state index contributed by atoms with van der Waals surface area (Å²) >= 11 is 0. The van der Waals surface area contributed by atoms with E-state index in [0.717, 1.165) is 36.4 Å². The lowest BCUT2D eigenvalue weighted by atomic mass is 9.70. The van der Waals surface area contributed by atoms with Gasteiger partial charge >= 0.3 is 36.2 Å². The lowest BCUT2D eigenvalue weighted by Gasteiger charge is -2.36. The first kappa shape index (κ1) is 36.8. The number of rotatable bonds is 12. The maximum Gasteiger partial charge on any atom is 0.400 e. The Hall–Kier alpha value is -6.06. The SMILES string of the molecule is CC(CC(C(F)(F)F)C(F)(F)F)(c1ccc(Oc2ccc(C(=O)O)c(C(=O)O)c2)cc1)c1ccc(Oc2ccc(C(=O)O)c(C(=O)O)c2)cc1. The zero-order valence-corrected chi connectivity index (χ0v) is 25.4. The van der Waals surface area contributed by atoms with E-state index >= 15 is 0 Å². The molecule has 262 valence electrons. The van der Waals surface area contributed by atoms with Gasteiger partial charge in [0.1, 0.15) is 23.0 Å². The monoisotopic (exact) mass is 706 g/mol. The molecule has 4 rings (SSSR count). The van der Waals surface area contributed by atoms with Crippen LogP contribution >= 0.6 is 0 Å². The van der Waals surface area contributed by atoms with Crippen LogP contribution in [0.25, 0.3) is 0 Å². The molecule has 0 aliphatic rings. The Balaban J connectivity index is 1.71. The van der Waals surface area contributed by atoms with Crippen LogP contribution in [0.1, 0.15) is 65.9 Å². The van der Waals surface area contributed by atoms with Crippen molar-refractivity contribution in [2.75, 3.05) is 0 Å². The van der Waals surface area contributed by atoms with E-state index < -0.39 is 76.2 Å². The summed E-state index contributed by atoms with van der Waals surface area (Å²) in [7, 11) is 0. The van der Waals surface area contributed by atoms with E-state index in [1.807, 2.05) is 0 Å². The largest absolute Gasteiger partial charge is 0.478 e. The second-order valence-corrected chi connectivity index (χ2v) is 11.1. The van der Waals surface area contributed by atoms with Crippen LogP contribution in [0.2, 0.25) is 0 Å². The van der Waals surface area contributed by atoms with Gasteiger partial charge in [0.25, 0.3) is 0 Å². The van der Waals surface area contributed by atoms with Crippen LogP contribution in [0, 0.1) is 5.92 Å². The molecule has 0 spiro atoms. The first-order chi connectivity index (χ1) is 23.2. The highest BCUT2D eigenvalue weighted by atomic mass is 19.4. The summed E-state index contributed by atoms with van der Waals surface area (Å²) in [6.07, 6.45) is -12.8. The minimum atomic E-state index is -5.67. The van der Waals surface area contributed by atoms with Crippen LogP contribution in [-0.4, -0.2) is 56.7 Å². The number of alkyl halides is 6. The minimum absolute atomic E-state index is 0.000159. The van der Waals surface area contributed by atoms with Gasteiger partial charge in [-0.25, -0.2) is 19.2 Å². The molecule has 0 saturated carbocycles. The van der Waals surface area contributed by atoms with Crippen LogP contribution in [0.5, 0.6) is 23.0 Å². The molecule has 0 atom stereocenters. The Labute approximate surface area is 277 Å². The van der Waals surface area contributed by atoms with Crippen molar-refractivity contribution in [2.45, 2.75) is 31.1 Å². The second-order valence-electron chi connectivity index (χ2n) is 11.1. The maximum atomic E-state index is 13.8. The van der Waals surface area contributed by atoms with E-state index in [1.54, 1.807) is 0 Å². The second kappa shape index (κ2) is 13.8. The topological polar surface area (TPSA) is 168 Å². The number of hydrogen-bond acceptors (Lipinski definition) is 6. The van der Waals surface area contributed by atoms with Crippen LogP contribution in [-0.2, 0) is 5.41 Å². The third-order valence-electron chi connectivity index (χ3n) is 7.76. The summed E-state index contributed by atoms with van der Waals surface area (Å²) < 4.78 is 94.0. The molecule has 4 aromatic rings. The number of hydrogen-bond donors (Lipinski definition) is 4. The molecule has 4 aromatic carbocycles. The van der Waals surface area contributed by atoms with E-state index in [2.05, 4.69) is 0 Å². The van der Waals surface area contributed by atoms with Gasteiger partial charge in [-0.3, -0.25) is 0 Å². The number of carbonyl (C=O) groups is 4. The molecule has 0 fully saturated rings. The first-order valence-electron chi connectivity index (χ1n) is 14.1. The van der Waals surface area contributed by atoms with Crippen molar-refractivity contribution in [3.63, 3.8) is 0 Å². The molecular formula is C34H24F6O10. The van der Waals surface area contributed by atoms with E-state index in [9.17, 15) is 65.9 Å². The fraction of sp³-hybridized carbons (Fsp3) is 0.176. The summed E-state index contributed by atoms with van der Waals surface area (Å²) in [5.41, 5.74) is -4.16. The van der Waals surface area contributed by atoms with Gasteiger partial charge in [-0.1, -0.05) is 31.2 Å². The van der Waals surface area contributed by atoms with Crippen molar-refractivity contribution in [1.29, 1.82) is 0 Å². The molecule has 10 nitrogen and oxygen atoms in total. The highest BCUT2D eigenvalue weighted by Gasteiger charge is 2.58. The van der Waals surface area contributed by atoms with E-state index in [1.165, 1.54) is 55.5 Å². The molecule has 0 aliphatic heterocycles. The van der Waals surface area contributed by atoms with Crippen molar-refractivity contribution >= 4 is 23.9 Å². The van der Waals surface area contributed by atoms with Crippen molar-refractivity contribution < 1.29 is 75.4 Å². The molecule has 0 heterocycles. The zero-order chi connectivity index (χ0) is 37.2. The summed E-state index contributed by atoms with van der Waals surface area (Å²) in [5, 5.41) is 37.1. The Morgan fingerprint density at radius 3 is 1.10 bits per heavy atom. The van der Waals surface area contributed by atoms with Gasteiger partial charge in [0.2, 0.25) is 0 Å². The maximum absolute atomic E-state index is 13.8. The molecule has 16 heteroatoms. The Kier molecular flexibility index (Phi) is 10.2. The third-order valence-corrected chi connectivity index (χ3v) is 7.76. The predicted molar refractivity (Wildman–Crippen MR) is 160 cm³/mol. The van der Waals surface area contributed by atoms with Gasteiger partial charge in [-0.2, -0.15) is 26.3 Å². The molecule has 0 unspecified atom stereocenters. The van der Waals surface area contributed by atoms with E-state index in [-0.39, 0.29) is 34.1 Å². The Bertz CT molecular complexity index is 1800. The fourth-order valence-corrected chi connectivity index (χ4v) is 5.18. The number of halogens is 6. The lowest BCUT2D eigenvalue weighted by molar-refractivity contribution is -0.288. The van der Waals surface area contributed by atoms with Crippen molar-refractivity contribution in [2.24, 2.45) is 5.92 Å². The highest BCUT2D eigenvalue weighted by Crippen LogP contribution is 2.49. The van der Waals surface area contributed by atoms with Gasteiger partial charge in [0.05, 0.1) is 22.3 Å². The van der Waals surface area contributed by atoms with Crippen molar-refractivity contribution in [3.05, 3.63) is 118 Å². The average Bonchev–Trinajstić information content (AvgIpc) is 3.02. The normalized spacial score (nSPS) is 12.0. The van der Waals surface area contributed by atoms with Crippen LogP contribution in [0.15, 0.2) is 84.9 Å². The van der Waals surface area contributed by atoms with E-state index in [4.69, 9.17) is 9.47 Å². The van der Waals surface area contributed by atoms with Gasteiger partial charge in [-0.05, 0) is 78.2 Å². The summed E-state index contributed by atoms with van der Waals surface area (Å²) in [6, 6.07) is 16.0. The molecule has 0 saturated heterocycles. The van der Waals surface area contributed by atoms with Gasteiger partial charge in [0.15, 0.2) is 5.92 Å². The van der Waals surface area contributed by atoms with Crippen LogP contribution in [0.4, 0.5) is 26.3 Å². The smallest absolute Gasteiger partial charge is 0.400 e. The first-order valence-corrected chi connectivity index (χ1v) is 14.1. The lowest BCUT2D eigenvalue weighted by Crippen LogP contribution is -2.42. The van der Waals surface area contributed by atoms with Crippen LogP contribution < -0.4 is 9.47 Å². The van der Waals surface area contributed by atoms with Crippen LogP contribution in [0.3, 0.4) is 0 Å². The Morgan fingerprint density at radius 1 is 0.520 bits per heavy atom. The predicted octanol–water partition coefficient (Wildman–Crippen LogP) is 8.50. The molecule has 0 bridgehead atoms. The molecule has 50 heavy (non-hydrogen) atoms. The molecular weight excluding hydrogens is 682 g/mol. The molecule has 0 amide bonds. The minimum Gasteiger partial charge on any atom is -0.478 e. The number of aromatic carboxylic acids is 4. The van der Waals surface area contributed by atoms with Crippen molar-refractivity contribution in [3.8, 4) is 23.0 Å². The summed E-state index contributed by atoms with van der Waals surface area (Å²) in [5.74, 6) is -10.1. The molecule has 0 aromatic heterocycles. The zero-order valence-electron chi connectivity index (χ0n) is 25.4. The standard InChI is InChI=1S/C34H24F6O10/c1-32(16-27(33(35,36)37)34(38,39)40,17-2-6-19(7-3-17)49-21-10-12-23(28(41)42)25(14-21)30(45)46)18-4-8-20(9-5-18)50-22-11-13-24(29(43)44)26(15-22)31(47)48/h2-15,27H,16H2,1H3,(H,41,42)(H,43,44)(H,45,46)(H,47,48). The molecule has 0 radical (unpaired) electrons. The third kappa shape index (κ3) is 8.14. The Morgan fingerprint density at radius 2 is 0.820 bits per heavy atom. The fourth-order valence-electron chi connectivity index (χ4n) is 5.18. The summed E-state index contributed by atoms with van der Waals surface area (Å²) in [6.45, 7) is 1.18. The number of benzene rings is 4. The number of carboxylic acid groups (broad SMARTS) is 4. The van der Waals surface area contributed by atoms with Gasteiger partial charge in [0, 0.05) is 5.41 Å². The molecule has 4 N–H and O–H groups in total. The highest BCUT2D eigenvalue weighted by molar-refractivity contribution is 6.02. The van der Waals surface area contributed by atoms with Gasteiger partial charge in [-0.15, -0.1) is 0 Å². The quantitative estimate of drug-likeness (QED) is 0.105. The molecule has 0 aliphatic carbocycles. The van der Waals surface area contributed by atoms with Crippen molar-refractivity contribution in [1.82, 2.24) is 0 Å². The number of carboxylic acids is 4. The van der Waals surface area contributed by atoms with Gasteiger partial charge < -0.3 is 29.9 Å². The number of ether oxygens (including phenoxy) is 2. The summed E-state index contributed by atoms with van der Waals surface area (Å²) in [4.78, 5) is 45.7.